The number of nitrogens with zero attached hydrogens (tertiary/aromatic N) is 2. The molecule has 2 heterocycles. The number of morpholine rings is 1. The Hall–Kier alpha value is -2.22. The highest BCUT2D eigenvalue weighted by molar-refractivity contribution is 6.31. The first kappa shape index (κ1) is 20.5. The summed E-state index contributed by atoms with van der Waals surface area (Å²) in [5.41, 5.74) is 0.863. The molecular formula is C20H24ClFN4O2. The number of halogens is 2. The van der Waals surface area contributed by atoms with Crippen molar-refractivity contribution < 1.29 is 13.9 Å². The van der Waals surface area contributed by atoms with Crippen molar-refractivity contribution in [3.05, 3.63) is 58.5 Å². The summed E-state index contributed by atoms with van der Waals surface area (Å²) in [6.07, 6.45) is 1.65. The molecule has 0 radical (unpaired) electrons. The molecule has 0 bridgehead atoms. The van der Waals surface area contributed by atoms with Gasteiger partial charge in [0.25, 0.3) is 5.91 Å². The van der Waals surface area contributed by atoms with Gasteiger partial charge in [-0.05, 0) is 31.2 Å². The van der Waals surface area contributed by atoms with Gasteiger partial charge in [-0.3, -0.25) is 9.69 Å². The Labute approximate surface area is 169 Å². The van der Waals surface area contributed by atoms with Gasteiger partial charge < -0.3 is 15.4 Å². The van der Waals surface area contributed by atoms with E-state index in [0.29, 0.717) is 48.2 Å². The summed E-state index contributed by atoms with van der Waals surface area (Å²) in [4.78, 5) is 18.5. The maximum Gasteiger partial charge on any atom is 0.254 e. The summed E-state index contributed by atoms with van der Waals surface area (Å²) in [6, 6.07) is 7.75. The monoisotopic (exact) mass is 406 g/mol. The van der Waals surface area contributed by atoms with Crippen LogP contribution in [0.5, 0.6) is 0 Å². The zero-order valence-electron chi connectivity index (χ0n) is 15.9. The molecule has 2 unspecified atom stereocenters. The van der Waals surface area contributed by atoms with E-state index in [1.54, 1.807) is 37.5 Å². The molecule has 150 valence electrons. The van der Waals surface area contributed by atoms with E-state index >= 15 is 0 Å². The van der Waals surface area contributed by atoms with Crippen molar-refractivity contribution in [2.45, 2.75) is 19.1 Å². The second-order valence-electron chi connectivity index (χ2n) is 6.69. The van der Waals surface area contributed by atoms with E-state index in [1.165, 1.54) is 6.07 Å². The molecule has 6 nitrogen and oxygen atoms in total. The van der Waals surface area contributed by atoms with E-state index in [-0.39, 0.29) is 23.9 Å². The van der Waals surface area contributed by atoms with Crippen LogP contribution in [-0.2, 0) is 4.74 Å². The van der Waals surface area contributed by atoms with Gasteiger partial charge in [0.1, 0.15) is 11.6 Å². The Morgan fingerprint density at radius 2 is 2.25 bits per heavy atom. The minimum Gasteiger partial charge on any atom is -0.376 e. The number of amides is 1. The van der Waals surface area contributed by atoms with Crippen LogP contribution in [-0.4, -0.2) is 55.2 Å². The zero-order chi connectivity index (χ0) is 20.1. The average molecular weight is 407 g/mol. The molecule has 2 aromatic rings. The summed E-state index contributed by atoms with van der Waals surface area (Å²) in [5, 5.41) is 6.19. The normalized spacial score (nSPS) is 18.5. The Kier molecular flexibility index (Phi) is 6.83. The molecule has 1 amide bonds. The number of pyridine rings is 1. The molecule has 1 aliphatic heterocycles. The summed E-state index contributed by atoms with van der Waals surface area (Å²) < 4.78 is 20.3. The fourth-order valence-electron chi connectivity index (χ4n) is 3.43. The third kappa shape index (κ3) is 4.60. The first-order valence-electron chi connectivity index (χ1n) is 9.21. The van der Waals surface area contributed by atoms with Gasteiger partial charge in [-0.15, -0.1) is 0 Å². The molecule has 8 heteroatoms. The number of aromatic nitrogens is 1. The van der Waals surface area contributed by atoms with Crippen LogP contribution in [0.3, 0.4) is 0 Å². The lowest BCUT2D eigenvalue weighted by Crippen LogP contribution is -2.45. The van der Waals surface area contributed by atoms with Gasteiger partial charge in [0.05, 0.1) is 24.3 Å². The van der Waals surface area contributed by atoms with Crippen LogP contribution in [0.2, 0.25) is 5.02 Å². The lowest BCUT2D eigenvalue weighted by atomic mass is 10.0. The summed E-state index contributed by atoms with van der Waals surface area (Å²) in [5.74, 6) is -0.150. The molecule has 1 saturated heterocycles. The van der Waals surface area contributed by atoms with Crippen molar-refractivity contribution in [1.82, 2.24) is 15.2 Å². The molecule has 0 spiro atoms. The van der Waals surface area contributed by atoms with Crippen molar-refractivity contribution >= 4 is 23.3 Å². The first-order valence-corrected chi connectivity index (χ1v) is 9.59. The van der Waals surface area contributed by atoms with E-state index in [4.69, 9.17) is 16.3 Å². The molecule has 1 aromatic carbocycles. The third-order valence-electron chi connectivity index (χ3n) is 4.79. The van der Waals surface area contributed by atoms with Gasteiger partial charge in [0.2, 0.25) is 0 Å². The standard InChI is InChI=1S/C20H24ClFN4O2/c1-13-12-26(9-10-28-13)17(18-15(21)6-3-7-16(18)22)11-25-19-14(20(27)23-2)5-4-8-24-19/h3-8,13,17H,9-12H2,1-2H3,(H,23,27)(H,24,25). The van der Waals surface area contributed by atoms with Crippen molar-refractivity contribution in [2.24, 2.45) is 0 Å². The summed E-state index contributed by atoms with van der Waals surface area (Å²) >= 11 is 6.36. The number of benzene rings is 1. The van der Waals surface area contributed by atoms with E-state index in [1.807, 2.05) is 6.92 Å². The van der Waals surface area contributed by atoms with Crippen LogP contribution in [0.25, 0.3) is 0 Å². The number of hydrogen-bond acceptors (Lipinski definition) is 5. The molecule has 1 fully saturated rings. The molecular weight excluding hydrogens is 383 g/mol. The van der Waals surface area contributed by atoms with Crippen molar-refractivity contribution in [1.29, 1.82) is 0 Å². The fraction of sp³-hybridized carbons (Fsp3) is 0.400. The Bertz CT molecular complexity index is 815. The summed E-state index contributed by atoms with van der Waals surface area (Å²) in [6.45, 7) is 4.21. The van der Waals surface area contributed by atoms with Crippen LogP contribution in [0.4, 0.5) is 10.2 Å². The maximum atomic E-state index is 14.7. The highest BCUT2D eigenvalue weighted by atomic mass is 35.5. The molecule has 28 heavy (non-hydrogen) atoms. The molecule has 0 aliphatic carbocycles. The van der Waals surface area contributed by atoms with Gasteiger partial charge >= 0.3 is 0 Å². The first-order chi connectivity index (χ1) is 13.5. The Balaban J connectivity index is 1.90. The molecule has 3 rings (SSSR count). The lowest BCUT2D eigenvalue weighted by molar-refractivity contribution is -0.0331. The van der Waals surface area contributed by atoms with Crippen LogP contribution < -0.4 is 10.6 Å². The van der Waals surface area contributed by atoms with Crippen LogP contribution in [0.1, 0.15) is 28.9 Å². The predicted octanol–water partition coefficient (Wildman–Crippen LogP) is 3.11. The maximum absolute atomic E-state index is 14.7. The van der Waals surface area contributed by atoms with E-state index in [2.05, 4.69) is 20.5 Å². The average Bonchev–Trinajstić information content (AvgIpc) is 2.69. The quantitative estimate of drug-likeness (QED) is 0.771. The van der Waals surface area contributed by atoms with Crippen molar-refractivity contribution in [2.75, 3.05) is 38.6 Å². The van der Waals surface area contributed by atoms with Crippen molar-refractivity contribution in [3.63, 3.8) is 0 Å². The fourth-order valence-corrected chi connectivity index (χ4v) is 3.72. The molecule has 0 saturated carbocycles. The number of nitrogens with one attached hydrogen (secondary N) is 2. The van der Waals surface area contributed by atoms with Crippen LogP contribution in [0, 0.1) is 5.82 Å². The SMILES string of the molecule is CNC(=O)c1cccnc1NCC(c1c(F)cccc1Cl)N1CCOC(C)C1. The number of ether oxygens (including phenoxy) is 1. The number of hydrogen-bond donors (Lipinski definition) is 2. The highest BCUT2D eigenvalue weighted by Gasteiger charge is 2.29. The topological polar surface area (TPSA) is 66.5 Å². The smallest absolute Gasteiger partial charge is 0.254 e. The second kappa shape index (κ2) is 9.32. The van der Waals surface area contributed by atoms with Crippen molar-refractivity contribution in [3.8, 4) is 0 Å². The number of anilines is 1. The largest absolute Gasteiger partial charge is 0.376 e. The molecule has 1 aliphatic rings. The van der Waals surface area contributed by atoms with E-state index < -0.39 is 0 Å². The minimum absolute atomic E-state index is 0.0399. The highest BCUT2D eigenvalue weighted by Crippen LogP contribution is 2.31. The van der Waals surface area contributed by atoms with Gasteiger partial charge in [0.15, 0.2) is 0 Å². The zero-order valence-corrected chi connectivity index (χ0v) is 16.7. The number of carbonyl (C=O) groups excluding carboxylic acids is 1. The van der Waals surface area contributed by atoms with Gasteiger partial charge in [-0.2, -0.15) is 0 Å². The molecule has 2 atom stereocenters. The lowest BCUT2D eigenvalue weighted by Gasteiger charge is -2.38. The van der Waals surface area contributed by atoms with Gasteiger partial charge in [-0.1, -0.05) is 17.7 Å². The Morgan fingerprint density at radius 3 is 2.96 bits per heavy atom. The minimum atomic E-state index is -0.356. The molecule has 2 N–H and O–H groups in total. The van der Waals surface area contributed by atoms with Crippen LogP contribution in [0.15, 0.2) is 36.5 Å². The van der Waals surface area contributed by atoms with Crippen LogP contribution >= 0.6 is 11.6 Å². The number of rotatable bonds is 6. The third-order valence-corrected chi connectivity index (χ3v) is 5.12. The van der Waals surface area contributed by atoms with E-state index in [9.17, 15) is 9.18 Å². The number of carbonyl (C=O) groups is 1. The Morgan fingerprint density at radius 1 is 1.43 bits per heavy atom. The van der Waals surface area contributed by atoms with E-state index in [0.717, 1.165) is 0 Å². The molecule has 1 aromatic heterocycles. The van der Waals surface area contributed by atoms with Gasteiger partial charge in [0, 0.05) is 43.5 Å². The second-order valence-corrected chi connectivity index (χ2v) is 7.09. The van der Waals surface area contributed by atoms with Gasteiger partial charge in [-0.25, -0.2) is 9.37 Å². The summed E-state index contributed by atoms with van der Waals surface area (Å²) in [7, 11) is 1.57. The predicted molar refractivity (Wildman–Crippen MR) is 107 cm³/mol.